The molecule has 1 atom stereocenters. The fourth-order valence-corrected chi connectivity index (χ4v) is 2.34. The number of carbonyl (C=O) groups is 2. The number of ether oxygens (including phenoxy) is 2. The Balaban J connectivity index is 2.09. The Kier molecular flexibility index (Phi) is 6.17. The van der Waals surface area contributed by atoms with Gasteiger partial charge in [-0.15, -0.1) is 0 Å². The fraction of sp³-hybridized carbons (Fsp3) is 0.300. The molecule has 0 fully saturated rings. The second-order valence-corrected chi connectivity index (χ2v) is 5.82. The van der Waals surface area contributed by atoms with Gasteiger partial charge in [-0.3, -0.25) is 4.79 Å². The van der Waals surface area contributed by atoms with E-state index in [0.29, 0.717) is 23.4 Å². The van der Waals surface area contributed by atoms with E-state index in [1.54, 1.807) is 24.3 Å². The summed E-state index contributed by atoms with van der Waals surface area (Å²) in [5.74, 6) is -0.0503. The van der Waals surface area contributed by atoms with Gasteiger partial charge in [0.1, 0.15) is 5.75 Å². The minimum atomic E-state index is -0.621. The van der Waals surface area contributed by atoms with Crippen LogP contribution in [0.4, 0.5) is 5.69 Å². The van der Waals surface area contributed by atoms with Crippen LogP contribution in [0.25, 0.3) is 0 Å². The van der Waals surface area contributed by atoms with Crippen LogP contribution in [0.5, 0.6) is 5.75 Å². The van der Waals surface area contributed by atoms with E-state index in [-0.39, 0.29) is 5.91 Å². The SMILES string of the molecule is CCC(Oc1ccc(C)c(C)c1)C(=O)Nc1cccc(C(=O)OC)c1. The largest absolute Gasteiger partial charge is 0.481 e. The number of methoxy groups -OCH3 is 1. The standard InChI is InChI=1S/C20H23NO4/c1-5-18(25-17-10-9-13(2)14(3)11-17)19(22)21-16-8-6-7-15(12-16)20(23)24-4/h6-12,18H,5H2,1-4H3,(H,21,22). The van der Waals surface area contributed by atoms with Crippen LogP contribution in [-0.2, 0) is 9.53 Å². The summed E-state index contributed by atoms with van der Waals surface area (Å²) in [6.07, 6.45) is -0.0981. The van der Waals surface area contributed by atoms with Crippen LogP contribution in [0, 0.1) is 13.8 Å². The molecule has 0 saturated carbocycles. The van der Waals surface area contributed by atoms with Gasteiger partial charge in [0.05, 0.1) is 12.7 Å². The maximum atomic E-state index is 12.5. The molecular formula is C20H23NO4. The summed E-state index contributed by atoms with van der Waals surface area (Å²) in [5, 5.41) is 2.79. The van der Waals surface area contributed by atoms with E-state index in [0.717, 1.165) is 5.56 Å². The van der Waals surface area contributed by atoms with E-state index in [2.05, 4.69) is 10.1 Å². The van der Waals surface area contributed by atoms with Gasteiger partial charge in [-0.1, -0.05) is 19.1 Å². The zero-order valence-electron chi connectivity index (χ0n) is 15.0. The van der Waals surface area contributed by atoms with Crippen molar-refractivity contribution in [1.29, 1.82) is 0 Å². The maximum Gasteiger partial charge on any atom is 0.337 e. The lowest BCUT2D eigenvalue weighted by Gasteiger charge is -2.18. The van der Waals surface area contributed by atoms with Gasteiger partial charge in [0.2, 0.25) is 0 Å². The molecule has 2 aromatic rings. The summed E-state index contributed by atoms with van der Waals surface area (Å²) in [7, 11) is 1.32. The molecule has 0 radical (unpaired) electrons. The molecule has 2 aromatic carbocycles. The minimum Gasteiger partial charge on any atom is -0.481 e. The Hall–Kier alpha value is -2.82. The van der Waals surface area contributed by atoms with Crippen LogP contribution in [0.1, 0.15) is 34.8 Å². The molecule has 1 amide bonds. The quantitative estimate of drug-likeness (QED) is 0.810. The lowest BCUT2D eigenvalue weighted by molar-refractivity contribution is -0.122. The molecule has 25 heavy (non-hydrogen) atoms. The van der Waals surface area contributed by atoms with Gasteiger partial charge >= 0.3 is 5.97 Å². The van der Waals surface area contributed by atoms with Crippen molar-refractivity contribution in [2.75, 3.05) is 12.4 Å². The second kappa shape index (κ2) is 8.33. The van der Waals surface area contributed by atoms with Crippen LogP contribution in [-0.4, -0.2) is 25.1 Å². The smallest absolute Gasteiger partial charge is 0.337 e. The Morgan fingerprint density at radius 1 is 1.08 bits per heavy atom. The van der Waals surface area contributed by atoms with Crippen LogP contribution >= 0.6 is 0 Å². The topological polar surface area (TPSA) is 64.6 Å². The number of hydrogen-bond acceptors (Lipinski definition) is 4. The third-order valence-corrected chi connectivity index (χ3v) is 3.97. The van der Waals surface area contributed by atoms with Crippen molar-refractivity contribution in [3.8, 4) is 5.75 Å². The maximum absolute atomic E-state index is 12.5. The van der Waals surface area contributed by atoms with E-state index in [1.807, 2.05) is 39.0 Å². The van der Waals surface area contributed by atoms with Crippen LogP contribution in [0.15, 0.2) is 42.5 Å². The molecule has 132 valence electrons. The first-order chi connectivity index (χ1) is 11.9. The van der Waals surface area contributed by atoms with Gasteiger partial charge in [0.25, 0.3) is 5.91 Å². The first-order valence-electron chi connectivity index (χ1n) is 8.17. The molecule has 0 spiro atoms. The molecule has 0 aromatic heterocycles. The first-order valence-corrected chi connectivity index (χ1v) is 8.17. The predicted molar refractivity (Wildman–Crippen MR) is 97.0 cm³/mol. The van der Waals surface area contributed by atoms with E-state index >= 15 is 0 Å². The van der Waals surface area contributed by atoms with E-state index in [1.165, 1.54) is 12.7 Å². The molecule has 1 unspecified atom stereocenters. The molecule has 1 N–H and O–H groups in total. The van der Waals surface area contributed by atoms with Crippen molar-refractivity contribution in [3.05, 3.63) is 59.2 Å². The van der Waals surface area contributed by atoms with Crippen LogP contribution in [0.2, 0.25) is 0 Å². The molecular weight excluding hydrogens is 318 g/mol. The summed E-state index contributed by atoms with van der Waals surface area (Å²) in [6, 6.07) is 12.4. The van der Waals surface area contributed by atoms with Gasteiger partial charge in [-0.2, -0.15) is 0 Å². The predicted octanol–water partition coefficient (Wildman–Crippen LogP) is 3.89. The number of esters is 1. The number of nitrogens with one attached hydrogen (secondary N) is 1. The van der Waals surface area contributed by atoms with Crippen molar-refractivity contribution in [1.82, 2.24) is 0 Å². The average molecular weight is 341 g/mol. The highest BCUT2D eigenvalue weighted by Crippen LogP contribution is 2.19. The molecule has 2 rings (SSSR count). The van der Waals surface area contributed by atoms with Crippen molar-refractivity contribution >= 4 is 17.6 Å². The first kappa shape index (κ1) is 18.5. The number of hydrogen-bond donors (Lipinski definition) is 1. The van der Waals surface area contributed by atoms with Crippen molar-refractivity contribution in [3.63, 3.8) is 0 Å². The Morgan fingerprint density at radius 3 is 2.48 bits per heavy atom. The summed E-state index contributed by atoms with van der Waals surface area (Å²) < 4.78 is 10.5. The van der Waals surface area contributed by atoms with Crippen LogP contribution < -0.4 is 10.1 Å². The van der Waals surface area contributed by atoms with Gasteiger partial charge in [0.15, 0.2) is 6.10 Å². The van der Waals surface area contributed by atoms with Crippen molar-refractivity contribution < 1.29 is 19.1 Å². The highest BCUT2D eigenvalue weighted by Gasteiger charge is 2.19. The van der Waals surface area contributed by atoms with E-state index in [9.17, 15) is 9.59 Å². The summed E-state index contributed by atoms with van der Waals surface area (Å²) in [6.45, 7) is 5.91. The number of benzene rings is 2. The zero-order chi connectivity index (χ0) is 18.4. The highest BCUT2D eigenvalue weighted by atomic mass is 16.5. The fourth-order valence-electron chi connectivity index (χ4n) is 2.34. The Labute approximate surface area is 148 Å². The van der Waals surface area contributed by atoms with E-state index < -0.39 is 12.1 Å². The lowest BCUT2D eigenvalue weighted by atomic mass is 10.1. The van der Waals surface area contributed by atoms with Gasteiger partial charge in [-0.25, -0.2) is 4.79 Å². The molecule has 0 aliphatic carbocycles. The number of rotatable bonds is 6. The van der Waals surface area contributed by atoms with Gasteiger partial charge in [0, 0.05) is 5.69 Å². The third kappa shape index (κ3) is 4.83. The third-order valence-electron chi connectivity index (χ3n) is 3.97. The van der Waals surface area contributed by atoms with Gasteiger partial charge in [-0.05, 0) is 61.7 Å². The number of amides is 1. The highest BCUT2D eigenvalue weighted by molar-refractivity contribution is 5.96. The molecule has 5 nitrogen and oxygen atoms in total. The second-order valence-electron chi connectivity index (χ2n) is 5.82. The average Bonchev–Trinajstić information content (AvgIpc) is 2.62. The number of carbonyl (C=O) groups excluding carboxylic acids is 2. The van der Waals surface area contributed by atoms with Gasteiger partial charge < -0.3 is 14.8 Å². The minimum absolute atomic E-state index is 0.261. The molecule has 0 bridgehead atoms. The van der Waals surface area contributed by atoms with Crippen molar-refractivity contribution in [2.45, 2.75) is 33.3 Å². The molecule has 0 heterocycles. The van der Waals surface area contributed by atoms with Crippen LogP contribution in [0.3, 0.4) is 0 Å². The molecule has 0 aliphatic heterocycles. The molecule has 0 aliphatic rings. The normalized spacial score (nSPS) is 11.5. The Bertz CT molecular complexity index is 770. The lowest BCUT2D eigenvalue weighted by Crippen LogP contribution is -2.32. The summed E-state index contributed by atoms with van der Waals surface area (Å²) in [5.41, 5.74) is 3.18. The summed E-state index contributed by atoms with van der Waals surface area (Å²) >= 11 is 0. The monoisotopic (exact) mass is 341 g/mol. The summed E-state index contributed by atoms with van der Waals surface area (Å²) in [4.78, 5) is 24.1. The van der Waals surface area contributed by atoms with Crippen molar-refractivity contribution in [2.24, 2.45) is 0 Å². The molecule has 5 heteroatoms. The number of anilines is 1. The zero-order valence-corrected chi connectivity index (χ0v) is 15.0. The molecule has 0 saturated heterocycles. The van der Waals surface area contributed by atoms with E-state index in [4.69, 9.17) is 4.74 Å². The number of aryl methyl sites for hydroxylation is 2. The Morgan fingerprint density at radius 2 is 1.84 bits per heavy atom.